The molecule has 1 heterocycles. The molecule has 1 saturated heterocycles. The summed E-state index contributed by atoms with van der Waals surface area (Å²) in [5, 5.41) is 9.61. The lowest BCUT2D eigenvalue weighted by atomic mass is 10.00. The fraction of sp³-hybridized carbons (Fsp3) is 0.900. The molecule has 2 atom stereocenters. The number of hydrogen-bond donors (Lipinski definition) is 1. The molecule has 74 valence electrons. The fourth-order valence-corrected chi connectivity index (χ4v) is 2.00. The number of aliphatic hydroxyl groups excluding tert-OH is 1. The molecule has 2 fully saturated rings. The van der Waals surface area contributed by atoms with Gasteiger partial charge in [-0.1, -0.05) is 0 Å². The highest BCUT2D eigenvalue weighted by Gasteiger charge is 2.38. The van der Waals surface area contributed by atoms with Crippen LogP contribution in [0.5, 0.6) is 0 Å². The maximum absolute atomic E-state index is 11.7. The predicted molar refractivity (Wildman–Crippen MR) is 49.1 cm³/mol. The molecule has 1 amide bonds. The van der Waals surface area contributed by atoms with Crippen LogP contribution in [0.1, 0.15) is 32.6 Å². The molecule has 3 heteroatoms. The molecule has 2 rings (SSSR count). The number of likely N-dealkylation sites (tertiary alicyclic amines) is 1. The van der Waals surface area contributed by atoms with Crippen molar-refractivity contribution >= 4 is 5.91 Å². The zero-order chi connectivity index (χ0) is 9.42. The van der Waals surface area contributed by atoms with E-state index in [4.69, 9.17) is 0 Å². The molecule has 0 spiro atoms. The molecule has 1 aliphatic carbocycles. The SMILES string of the molecule is CC1C(O)CCCN1C(=O)C1CC1. The number of piperidine rings is 1. The third-order valence-electron chi connectivity index (χ3n) is 3.16. The number of amides is 1. The summed E-state index contributed by atoms with van der Waals surface area (Å²) in [4.78, 5) is 13.6. The first-order valence-corrected chi connectivity index (χ1v) is 5.18. The highest BCUT2D eigenvalue weighted by atomic mass is 16.3. The summed E-state index contributed by atoms with van der Waals surface area (Å²) in [7, 11) is 0. The largest absolute Gasteiger partial charge is 0.391 e. The Kier molecular flexibility index (Phi) is 2.28. The normalized spacial score (nSPS) is 34.8. The van der Waals surface area contributed by atoms with Crippen LogP contribution in [0.25, 0.3) is 0 Å². The molecule has 13 heavy (non-hydrogen) atoms. The van der Waals surface area contributed by atoms with E-state index in [1.165, 1.54) is 0 Å². The molecular weight excluding hydrogens is 166 g/mol. The second-order valence-electron chi connectivity index (χ2n) is 4.26. The van der Waals surface area contributed by atoms with E-state index in [1.807, 2.05) is 11.8 Å². The summed E-state index contributed by atoms with van der Waals surface area (Å²) in [6.45, 7) is 2.79. The first-order valence-electron chi connectivity index (χ1n) is 5.18. The van der Waals surface area contributed by atoms with Crippen LogP contribution in [-0.2, 0) is 4.79 Å². The fourth-order valence-electron chi connectivity index (χ4n) is 2.00. The van der Waals surface area contributed by atoms with Gasteiger partial charge in [0.1, 0.15) is 0 Å². The van der Waals surface area contributed by atoms with Crippen LogP contribution in [0.2, 0.25) is 0 Å². The summed E-state index contributed by atoms with van der Waals surface area (Å²) >= 11 is 0. The Morgan fingerprint density at radius 1 is 1.38 bits per heavy atom. The predicted octanol–water partition coefficient (Wildman–Crippen LogP) is 0.768. The third-order valence-corrected chi connectivity index (χ3v) is 3.16. The summed E-state index contributed by atoms with van der Waals surface area (Å²) in [6.07, 6.45) is 3.59. The van der Waals surface area contributed by atoms with Crippen molar-refractivity contribution in [3.63, 3.8) is 0 Å². The van der Waals surface area contributed by atoms with Gasteiger partial charge in [-0.3, -0.25) is 4.79 Å². The minimum absolute atomic E-state index is 0.0295. The van der Waals surface area contributed by atoms with Gasteiger partial charge in [-0.2, -0.15) is 0 Å². The molecule has 0 radical (unpaired) electrons. The number of rotatable bonds is 1. The lowest BCUT2D eigenvalue weighted by Crippen LogP contribution is -2.49. The van der Waals surface area contributed by atoms with E-state index in [0.29, 0.717) is 0 Å². The van der Waals surface area contributed by atoms with E-state index < -0.39 is 0 Å². The maximum Gasteiger partial charge on any atom is 0.226 e. The van der Waals surface area contributed by atoms with Gasteiger partial charge in [-0.15, -0.1) is 0 Å². The number of nitrogens with zero attached hydrogens (tertiary/aromatic N) is 1. The monoisotopic (exact) mass is 183 g/mol. The molecule has 1 aliphatic heterocycles. The van der Waals surface area contributed by atoms with Crippen LogP contribution in [0, 0.1) is 5.92 Å². The quantitative estimate of drug-likeness (QED) is 0.652. The summed E-state index contributed by atoms with van der Waals surface area (Å²) in [5.41, 5.74) is 0. The second-order valence-corrected chi connectivity index (χ2v) is 4.26. The number of hydrogen-bond acceptors (Lipinski definition) is 2. The Balaban J connectivity index is 1.99. The van der Waals surface area contributed by atoms with Crippen LogP contribution in [0.15, 0.2) is 0 Å². The highest BCUT2D eigenvalue weighted by molar-refractivity contribution is 5.81. The summed E-state index contributed by atoms with van der Waals surface area (Å²) < 4.78 is 0. The van der Waals surface area contributed by atoms with Crippen molar-refractivity contribution in [3.05, 3.63) is 0 Å². The molecule has 0 bridgehead atoms. The molecular formula is C10H17NO2. The first kappa shape index (κ1) is 9.00. The molecule has 1 N–H and O–H groups in total. The lowest BCUT2D eigenvalue weighted by molar-refractivity contribution is -0.139. The van der Waals surface area contributed by atoms with Crippen LogP contribution in [-0.4, -0.2) is 34.6 Å². The van der Waals surface area contributed by atoms with Gasteiger partial charge in [0, 0.05) is 12.5 Å². The highest BCUT2D eigenvalue weighted by Crippen LogP contribution is 2.33. The third kappa shape index (κ3) is 1.70. The van der Waals surface area contributed by atoms with Crippen molar-refractivity contribution in [2.45, 2.75) is 44.8 Å². The van der Waals surface area contributed by atoms with Gasteiger partial charge >= 0.3 is 0 Å². The Labute approximate surface area is 78.7 Å². The number of carbonyl (C=O) groups is 1. The molecule has 3 nitrogen and oxygen atoms in total. The average Bonchev–Trinajstić information content (AvgIpc) is 2.91. The lowest BCUT2D eigenvalue weighted by Gasteiger charge is -2.37. The topological polar surface area (TPSA) is 40.5 Å². The first-order chi connectivity index (χ1) is 6.20. The van der Waals surface area contributed by atoms with Crippen molar-refractivity contribution in [2.75, 3.05) is 6.54 Å². The van der Waals surface area contributed by atoms with E-state index in [-0.39, 0.29) is 24.0 Å². The van der Waals surface area contributed by atoms with Crippen LogP contribution < -0.4 is 0 Å². The van der Waals surface area contributed by atoms with E-state index in [2.05, 4.69) is 0 Å². The average molecular weight is 183 g/mol. The van der Waals surface area contributed by atoms with Crippen LogP contribution in [0.3, 0.4) is 0 Å². The van der Waals surface area contributed by atoms with Crippen molar-refractivity contribution < 1.29 is 9.90 Å². The van der Waals surface area contributed by atoms with Gasteiger partial charge < -0.3 is 10.0 Å². The zero-order valence-electron chi connectivity index (χ0n) is 8.07. The van der Waals surface area contributed by atoms with E-state index >= 15 is 0 Å². The van der Waals surface area contributed by atoms with Gasteiger partial charge in [0.25, 0.3) is 0 Å². The maximum atomic E-state index is 11.7. The second kappa shape index (κ2) is 3.29. The van der Waals surface area contributed by atoms with Gasteiger partial charge in [0.2, 0.25) is 5.91 Å². The van der Waals surface area contributed by atoms with E-state index in [9.17, 15) is 9.90 Å². The Bertz CT molecular complexity index is 213. The summed E-state index contributed by atoms with van der Waals surface area (Å²) in [5.74, 6) is 0.555. The minimum Gasteiger partial charge on any atom is -0.391 e. The molecule has 2 unspecified atom stereocenters. The van der Waals surface area contributed by atoms with E-state index in [1.54, 1.807) is 0 Å². The van der Waals surface area contributed by atoms with Crippen LogP contribution >= 0.6 is 0 Å². The van der Waals surface area contributed by atoms with Crippen molar-refractivity contribution in [3.8, 4) is 0 Å². The molecule has 1 saturated carbocycles. The van der Waals surface area contributed by atoms with Gasteiger partial charge in [-0.25, -0.2) is 0 Å². The molecule has 0 aromatic rings. The molecule has 0 aromatic heterocycles. The smallest absolute Gasteiger partial charge is 0.226 e. The number of carbonyl (C=O) groups excluding carboxylic acids is 1. The van der Waals surface area contributed by atoms with Crippen molar-refractivity contribution in [1.82, 2.24) is 4.90 Å². The molecule has 0 aromatic carbocycles. The zero-order valence-corrected chi connectivity index (χ0v) is 8.07. The summed E-state index contributed by atoms with van der Waals surface area (Å²) in [6, 6.07) is 0.0295. The standard InChI is InChI=1S/C10H17NO2/c1-7-9(12)3-2-6-11(7)10(13)8-4-5-8/h7-9,12H,2-6H2,1H3. The Morgan fingerprint density at radius 2 is 2.08 bits per heavy atom. The van der Waals surface area contributed by atoms with Crippen molar-refractivity contribution in [1.29, 1.82) is 0 Å². The number of aliphatic hydroxyl groups is 1. The van der Waals surface area contributed by atoms with E-state index in [0.717, 1.165) is 32.2 Å². The molecule has 2 aliphatic rings. The Hall–Kier alpha value is -0.570. The van der Waals surface area contributed by atoms with Crippen LogP contribution in [0.4, 0.5) is 0 Å². The minimum atomic E-state index is -0.309. The van der Waals surface area contributed by atoms with Gasteiger partial charge in [0.15, 0.2) is 0 Å². The van der Waals surface area contributed by atoms with Crippen molar-refractivity contribution in [2.24, 2.45) is 5.92 Å². The Morgan fingerprint density at radius 3 is 2.69 bits per heavy atom. The van der Waals surface area contributed by atoms with Gasteiger partial charge in [-0.05, 0) is 32.6 Å². The van der Waals surface area contributed by atoms with Gasteiger partial charge in [0.05, 0.1) is 12.1 Å².